The Balaban J connectivity index is 1.66. The molecule has 0 aromatic heterocycles. The maximum atomic E-state index is 10.6. The van der Waals surface area contributed by atoms with Gasteiger partial charge in [-0.05, 0) is 73.5 Å². The van der Waals surface area contributed by atoms with E-state index in [4.69, 9.17) is 5.11 Å². The van der Waals surface area contributed by atoms with Crippen LogP contribution in [-0.4, -0.2) is 11.1 Å². The van der Waals surface area contributed by atoms with E-state index in [1.54, 1.807) is 0 Å². The zero-order valence-electron chi connectivity index (χ0n) is 18.0. The summed E-state index contributed by atoms with van der Waals surface area (Å²) in [5, 5.41) is 8.69. The number of anilines is 3. The van der Waals surface area contributed by atoms with Gasteiger partial charge in [0.15, 0.2) is 0 Å². The molecule has 0 atom stereocenters. The van der Waals surface area contributed by atoms with Crippen LogP contribution in [0.1, 0.15) is 16.7 Å². The Morgan fingerprint density at radius 3 is 1.41 bits per heavy atom. The molecule has 0 amide bonds. The number of hydrogen-bond acceptors (Lipinski definition) is 2. The van der Waals surface area contributed by atoms with Crippen molar-refractivity contribution in [2.24, 2.45) is 0 Å². The van der Waals surface area contributed by atoms with Gasteiger partial charge in [-0.3, -0.25) is 0 Å². The maximum Gasteiger partial charge on any atom is 0.382 e. The lowest BCUT2D eigenvalue weighted by Crippen LogP contribution is -2.09. The van der Waals surface area contributed by atoms with Crippen molar-refractivity contribution in [3.63, 3.8) is 0 Å². The number of hydrogen-bond donors (Lipinski definition) is 1. The summed E-state index contributed by atoms with van der Waals surface area (Å²) < 4.78 is 0. The molecule has 0 bridgehead atoms. The van der Waals surface area contributed by atoms with E-state index in [-0.39, 0.29) is 0 Å². The average molecular weight is 418 g/mol. The Labute approximate surface area is 188 Å². The number of carboxylic acids is 1. The van der Waals surface area contributed by atoms with Crippen molar-refractivity contribution in [2.75, 3.05) is 4.90 Å². The van der Waals surface area contributed by atoms with Crippen LogP contribution < -0.4 is 4.90 Å². The van der Waals surface area contributed by atoms with E-state index in [9.17, 15) is 4.79 Å². The lowest BCUT2D eigenvalue weighted by atomic mass is 10.0. The first-order valence-corrected chi connectivity index (χ1v) is 10.4. The highest BCUT2D eigenvalue weighted by Gasteiger charge is 2.12. The summed E-state index contributed by atoms with van der Waals surface area (Å²) in [4.78, 5) is 12.9. The molecular formula is C29H23NO2. The van der Waals surface area contributed by atoms with Crippen molar-refractivity contribution in [1.82, 2.24) is 0 Å². The number of carbonyl (C=O) groups is 1. The van der Waals surface area contributed by atoms with Crippen molar-refractivity contribution < 1.29 is 9.90 Å². The Morgan fingerprint density at radius 1 is 0.625 bits per heavy atom. The van der Waals surface area contributed by atoms with Gasteiger partial charge in [0.2, 0.25) is 0 Å². The van der Waals surface area contributed by atoms with Gasteiger partial charge < -0.3 is 10.0 Å². The molecule has 4 aromatic carbocycles. The second-order valence-electron chi connectivity index (χ2n) is 7.69. The fourth-order valence-electron chi connectivity index (χ4n) is 3.51. The van der Waals surface area contributed by atoms with Crippen LogP contribution in [0.25, 0.3) is 11.1 Å². The van der Waals surface area contributed by atoms with Gasteiger partial charge in [-0.25, -0.2) is 4.79 Å². The number of rotatable bonds is 4. The molecule has 0 spiro atoms. The standard InChI is InChI=1S/C29H23NO2/c1-21-3-14-26(15-4-21)30(27-16-5-22(2)6-17-27)28-18-12-25(13-19-28)24-10-7-23(8-11-24)9-20-29(31)32/h3-8,10-19H,1-2H3,(H,31,32). The Kier molecular flexibility index (Phi) is 6.05. The predicted molar refractivity (Wildman–Crippen MR) is 131 cm³/mol. The number of carboxylic acid groups (broad SMARTS) is 1. The van der Waals surface area contributed by atoms with Gasteiger partial charge in [0.25, 0.3) is 0 Å². The van der Waals surface area contributed by atoms with Crippen LogP contribution in [0.15, 0.2) is 97.1 Å². The summed E-state index contributed by atoms with van der Waals surface area (Å²) in [5.74, 6) is 3.65. The van der Waals surface area contributed by atoms with Gasteiger partial charge in [0.05, 0.1) is 0 Å². The van der Waals surface area contributed by atoms with Crippen LogP contribution in [0, 0.1) is 25.7 Å². The summed E-state index contributed by atoms with van der Waals surface area (Å²) in [7, 11) is 0. The van der Waals surface area contributed by atoms with E-state index < -0.39 is 5.97 Å². The van der Waals surface area contributed by atoms with Crippen LogP contribution in [0.4, 0.5) is 17.1 Å². The van der Waals surface area contributed by atoms with E-state index in [2.05, 4.69) is 103 Å². The molecule has 156 valence electrons. The van der Waals surface area contributed by atoms with E-state index in [1.165, 1.54) is 11.1 Å². The van der Waals surface area contributed by atoms with Crippen LogP contribution in [-0.2, 0) is 4.79 Å². The second kappa shape index (κ2) is 9.24. The lowest BCUT2D eigenvalue weighted by molar-refractivity contribution is -0.130. The monoisotopic (exact) mass is 417 g/mol. The average Bonchev–Trinajstić information content (AvgIpc) is 2.81. The third-order valence-corrected chi connectivity index (χ3v) is 5.24. The van der Waals surface area contributed by atoms with Crippen molar-refractivity contribution >= 4 is 23.0 Å². The van der Waals surface area contributed by atoms with Gasteiger partial charge in [0, 0.05) is 28.5 Å². The number of aliphatic carboxylic acids is 1. The van der Waals surface area contributed by atoms with Crippen LogP contribution in [0.3, 0.4) is 0 Å². The van der Waals surface area contributed by atoms with Crippen molar-refractivity contribution in [3.8, 4) is 23.0 Å². The van der Waals surface area contributed by atoms with Gasteiger partial charge >= 0.3 is 5.97 Å². The minimum atomic E-state index is -1.13. The molecule has 4 aromatic rings. The van der Waals surface area contributed by atoms with E-state index in [0.29, 0.717) is 5.56 Å². The number of aryl methyl sites for hydroxylation is 2. The Bertz CT molecular complexity index is 1230. The SMILES string of the molecule is Cc1ccc(N(c2ccc(C)cc2)c2ccc(-c3ccc(C#CC(=O)O)cc3)cc2)cc1. The minimum absolute atomic E-state index is 0.678. The van der Waals surface area contributed by atoms with Crippen molar-refractivity contribution in [1.29, 1.82) is 0 Å². The normalized spacial score (nSPS) is 10.2. The molecule has 0 aliphatic heterocycles. The first-order valence-electron chi connectivity index (χ1n) is 10.4. The second-order valence-corrected chi connectivity index (χ2v) is 7.69. The van der Waals surface area contributed by atoms with E-state index in [0.717, 1.165) is 28.2 Å². The fourth-order valence-corrected chi connectivity index (χ4v) is 3.51. The summed E-state index contributed by atoms with van der Waals surface area (Å²) >= 11 is 0. The third kappa shape index (κ3) is 4.88. The highest BCUT2D eigenvalue weighted by atomic mass is 16.4. The van der Waals surface area contributed by atoms with Gasteiger partial charge in [-0.2, -0.15) is 0 Å². The summed E-state index contributed by atoms with van der Waals surface area (Å²) in [6, 6.07) is 33.1. The highest BCUT2D eigenvalue weighted by Crippen LogP contribution is 2.35. The molecular weight excluding hydrogens is 394 g/mol. The zero-order valence-corrected chi connectivity index (χ0v) is 18.0. The zero-order chi connectivity index (χ0) is 22.5. The molecule has 0 fully saturated rings. The Hall–Kier alpha value is -4.29. The topological polar surface area (TPSA) is 40.5 Å². The maximum absolute atomic E-state index is 10.6. The minimum Gasteiger partial charge on any atom is -0.472 e. The van der Waals surface area contributed by atoms with Crippen LogP contribution in [0.5, 0.6) is 0 Å². The predicted octanol–water partition coefficient (Wildman–Crippen LogP) is 6.88. The van der Waals surface area contributed by atoms with Gasteiger partial charge in [-0.15, -0.1) is 0 Å². The van der Waals surface area contributed by atoms with Gasteiger partial charge in [-0.1, -0.05) is 65.6 Å². The number of benzene rings is 4. The van der Waals surface area contributed by atoms with Crippen LogP contribution >= 0.6 is 0 Å². The third-order valence-electron chi connectivity index (χ3n) is 5.24. The quantitative estimate of drug-likeness (QED) is 0.368. The molecule has 0 aliphatic rings. The van der Waals surface area contributed by atoms with E-state index in [1.807, 2.05) is 24.3 Å². The first-order chi connectivity index (χ1) is 15.5. The molecule has 0 aliphatic carbocycles. The van der Waals surface area contributed by atoms with Crippen molar-refractivity contribution in [3.05, 3.63) is 114 Å². The first kappa shape index (κ1) is 21.0. The summed E-state index contributed by atoms with van der Waals surface area (Å²) in [6.07, 6.45) is 0. The van der Waals surface area contributed by atoms with Crippen LogP contribution in [0.2, 0.25) is 0 Å². The largest absolute Gasteiger partial charge is 0.472 e. The van der Waals surface area contributed by atoms with E-state index >= 15 is 0 Å². The molecule has 3 nitrogen and oxygen atoms in total. The smallest absolute Gasteiger partial charge is 0.382 e. The fraction of sp³-hybridized carbons (Fsp3) is 0.0690. The molecule has 4 rings (SSSR count). The summed E-state index contributed by atoms with van der Waals surface area (Å²) in [5.41, 5.74) is 8.55. The molecule has 0 unspecified atom stereocenters. The lowest BCUT2D eigenvalue weighted by Gasteiger charge is -2.26. The molecule has 0 saturated carbocycles. The molecule has 1 N–H and O–H groups in total. The molecule has 0 heterocycles. The molecule has 0 saturated heterocycles. The van der Waals surface area contributed by atoms with Gasteiger partial charge in [0.1, 0.15) is 0 Å². The molecule has 0 radical (unpaired) electrons. The molecule has 32 heavy (non-hydrogen) atoms. The highest BCUT2D eigenvalue weighted by molar-refractivity contribution is 5.87. The molecule has 3 heteroatoms. The van der Waals surface area contributed by atoms with Crippen molar-refractivity contribution in [2.45, 2.75) is 13.8 Å². The Morgan fingerprint density at radius 2 is 1.00 bits per heavy atom. The number of nitrogens with zero attached hydrogens (tertiary/aromatic N) is 1. The summed E-state index contributed by atoms with van der Waals surface area (Å²) in [6.45, 7) is 4.18.